The molecule has 4 aliphatic heterocycles. The lowest BCUT2D eigenvalue weighted by Gasteiger charge is -2.44. The molecule has 0 bridgehead atoms. The first-order valence-corrected chi connectivity index (χ1v) is 39.8. The number of hydrogen-bond acceptors (Lipinski definition) is 21. The normalized spacial score (nSPS) is 27.2. The maximum absolute atomic E-state index is 12.9. The van der Waals surface area contributed by atoms with Gasteiger partial charge in [0.25, 0.3) is 0 Å². The molecule has 12 rings (SSSR count). The number of carboxylic acids is 1. The number of carboxylic acid groups (broad SMARTS) is 1. The number of carbonyl (C=O) groups excluding carboxylic acids is 11. The van der Waals surface area contributed by atoms with Gasteiger partial charge in [-0.2, -0.15) is 0 Å². The second-order valence-electron chi connectivity index (χ2n) is 31.8. The highest BCUT2D eigenvalue weighted by Crippen LogP contribution is 2.39. The molecule has 8 atom stereocenters. The zero-order valence-corrected chi connectivity index (χ0v) is 66.0. The molecule has 11 amide bonds. The van der Waals surface area contributed by atoms with E-state index >= 15 is 0 Å². The maximum atomic E-state index is 12.9. The van der Waals surface area contributed by atoms with Gasteiger partial charge in [-0.25, -0.2) is 4.79 Å². The van der Waals surface area contributed by atoms with Crippen LogP contribution in [0.3, 0.4) is 0 Å². The van der Waals surface area contributed by atoms with Gasteiger partial charge in [-0.15, -0.1) is 0 Å². The highest BCUT2D eigenvalue weighted by molar-refractivity contribution is 6.41. The van der Waals surface area contributed by atoms with Crippen LogP contribution in [0.25, 0.3) is 0 Å². The van der Waals surface area contributed by atoms with E-state index in [4.69, 9.17) is 32.4 Å². The Hall–Kier alpha value is -10.2. The molecule has 0 radical (unpaired) electrons. The molecule has 4 saturated heterocycles. The number of anilines is 4. The lowest BCUT2D eigenvalue weighted by Crippen LogP contribution is -2.54. The van der Waals surface area contributed by atoms with E-state index in [1.165, 1.54) is 106 Å². The Bertz CT molecular complexity index is 3680. The van der Waals surface area contributed by atoms with Gasteiger partial charge < -0.3 is 84.9 Å². The van der Waals surface area contributed by atoms with Crippen LogP contribution < -0.4 is 49.5 Å². The van der Waals surface area contributed by atoms with Crippen LogP contribution in [0.5, 0.6) is 0 Å². The summed E-state index contributed by atoms with van der Waals surface area (Å²) in [6.07, 6.45) is 33.3. The van der Waals surface area contributed by atoms with E-state index in [2.05, 4.69) is 75.3 Å². The van der Waals surface area contributed by atoms with E-state index in [1.54, 1.807) is 14.7 Å². The van der Waals surface area contributed by atoms with Crippen molar-refractivity contribution < 1.29 is 93.2 Å². The van der Waals surface area contributed by atoms with E-state index in [0.717, 1.165) is 140 Å². The van der Waals surface area contributed by atoms with Crippen molar-refractivity contribution in [2.75, 3.05) is 54.6 Å². The van der Waals surface area contributed by atoms with Crippen LogP contribution in [-0.2, 0) is 38.4 Å². The number of halogens is 1. The smallest absolute Gasteiger partial charge is 0.394 e. The van der Waals surface area contributed by atoms with Gasteiger partial charge in [0.05, 0.1) is 109 Å². The van der Waals surface area contributed by atoms with Crippen molar-refractivity contribution in [1.82, 2.24) is 40.0 Å². The number of alkyl halides is 1. The number of rotatable bonds is 12. The Balaban J connectivity index is 0.000000267. The van der Waals surface area contributed by atoms with Crippen molar-refractivity contribution in [3.63, 3.8) is 0 Å². The number of nitrogens with one attached hydrogen (secondary N) is 5. The monoisotopic (exact) mass is 1610 g/mol. The van der Waals surface area contributed by atoms with Gasteiger partial charge in [0.1, 0.15) is 6.42 Å². The summed E-state index contributed by atoms with van der Waals surface area (Å²) in [4.78, 5) is 162. The number of aliphatic hydroxyl groups is 4. The van der Waals surface area contributed by atoms with Crippen molar-refractivity contribution in [2.24, 2.45) is 70.3 Å². The van der Waals surface area contributed by atoms with Gasteiger partial charge in [-0.05, 0) is 208 Å². The Morgan fingerprint density at radius 3 is 1.03 bits per heavy atom. The third-order valence-electron chi connectivity index (χ3n) is 22.9. The first-order valence-electron chi connectivity index (χ1n) is 41.5. The number of carbonyl (C=O) groups is 12. The van der Waals surface area contributed by atoms with Crippen molar-refractivity contribution in [2.45, 2.75) is 224 Å². The molecule has 33 nitrogen and oxygen atoms in total. The van der Waals surface area contributed by atoms with Crippen molar-refractivity contribution in [3.8, 4) is 0 Å². The summed E-state index contributed by atoms with van der Waals surface area (Å²) >= 11 is 0. The number of aromatic nitrogens is 4. The van der Waals surface area contributed by atoms with Gasteiger partial charge in [0, 0.05) is 78.8 Å². The Kier molecular flexibility index (Phi) is 34.9. The molecule has 4 aromatic heterocycles. The first kappa shape index (κ1) is 88.8. The molecule has 18 N–H and O–H groups in total. The maximum Gasteiger partial charge on any atom is 0.394 e. The molecule has 2 unspecified atom stereocenters. The van der Waals surface area contributed by atoms with E-state index in [-0.39, 0.29) is 101 Å². The minimum absolute atomic E-state index is 0. The summed E-state index contributed by atoms with van der Waals surface area (Å²) < 4.78 is 25.5. The fraction of sp³-hybridized carbons (Fsp3) is 0.593. The number of likely N-dealkylation sites (tertiary alicyclic amines) is 3. The fourth-order valence-electron chi connectivity index (χ4n) is 16.5. The van der Waals surface area contributed by atoms with E-state index in [1.807, 2.05) is 5.32 Å². The molecular weight excluding hydrogens is 1490 g/mol. The van der Waals surface area contributed by atoms with E-state index in [9.17, 15) is 82.4 Å². The SMILES string of the molecule is CC1CCC(C2CCC(O)CC2)NC1.C[C@@H]1CC[C@@H](C2CCC(O)CC2)N(C(=O)C(=O)Nc2cncc(C(N)=O)c2)C1.C[C@@H]1CC[C@@H](C2CCC(O)CC2)N(C(=O)C(=O)Nc2cncc(C(N)=O)c2)C1.C[C@@H]1C[CH+][C@@H](C2CCC(O)CC2)N(C(=O)C(=O)Nc2cncc(C(N)=O)c2)C1.NC(=O)c1cncc(NC(=O)C(=O)O)c1.[2HH].[2H]CF.[2H][2H]. The molecule has 632 valence electrons. The summed E-state index contributed by atoms with van der Waals surface area (Å²) in [7, 11) is -1.00. The minimum Gasteiger partial charge on any atom is -0.474 e. The molecule has 4 aromatic rings. The third-order valence-corrected chi connectivity index (χ3v) is 22.9. The summed E-state index contributed by atoms with van der Waals surface area (Å²) in [6.45, 7) is 11.4. The quantitative estimate of drug-likeness (QED) is 0.0578. The van der Waals surface area contributed by atoms with Crippen molar-refractivity contribution >= 4 is 93.7 Å². The number of nitrogens with zero attached hydrogens (tertiary/aromatic N) is 7. The number of amides is 11. The van der Waals surface area contributed by atoms with Crippen molar-refractivity contribution in [1.29, 1.82) is 0 Å². The second-order valence-corrected chi connectivity index (χ2v) is 31.8. The number of aliphatic hydroxyl groups excluding tert-OH is 4. The molecule has 8 fully saturated rings. The van der Waals surface area contributed by atoms with Gasteiger partial charge >= 0.3 is 47.3 Å². The average molecular weight is 1610 g/mol. The molecule has 8 aliphatic rings. The predicted octanol–water partition coefficient (Wildman–Crippen LogP) is 5.91. The molecule has 115 heavy (non-hydrogen) atoms. The number of hydrogen-bond donors (Lipinski definition) is 14. The van der Waals surface area contributed by atoms with Crippen LogP contribution in [0.15, 0.2) is 73.8 Å². The molecular formula is C81H120FN16O17+. The van der Waals surface area contributed by atoms with Crippen LogP contribution in [0.1, 0.15) is 223 Å². The van der Waals surface area contributed by atoms with Crippen LogP contribution in [0, 0.1) is 53.8 Å². The average Bonchev–Trinajstić information content (AvgIpc) is 0.813. The third kappa shape index (κ3) is 28.4. The number of pyridine rings is 4. The first-order chi connectivity index (χ1) is 56.2. The second kappa shape index (κ2) is 45.2. The van der Waals surface area contributed by atoms with Gasteiger partial charge in [-0.1, -0.05) is 27.7 Å². The van der Waals surface area contributed by atoms with Crippen LogP contribution in [0.4, 0.5) is 27.1 Å². The summed E-state index contributed by atoms with van der Waals surface area (Å²) in [6, 6.07) is 6.13. The Morgan fingerprint density at radius 2 is 0.722 bits per heavy atom. The van der Waals surface area contributed by atoms with E-state index in [0.29, 0.717) is 43.3 Å². The number of primary amides is 4. The lowest BCUT2D eigenvalue weighted by atomic mass is 9.77. The van der Waals surface area contributed by atoms with E-state index < -0.39 is 78.1 Å². The largest absolute Gasteiger partial charge is 0.474 e. The summed E-state index contributed by atoms with van der Waals surface area (Å²) in [5.74, 6) is -5.93. The molecule has 0 spiro atoms. The summed E-state index contributed by atoms with van der Waals surface area (Å²) in [5, 5.41) is 60.4. The molecule has 0 aromatic carbocycles. The topological polar surface area (TPSA) is 531 Å². The van der Waals surface area contributed by atoms with Crippen LogP contribution in [0.2, 0.25) is 0 Å². The zero-order valence-electron chi connectivity index (χ0n) is 69.0. The van der Waals surface area contributed by atoms with Crippen LogP contribution in [-0.4, -0.2) is 213 Å². The molecule has 4 aliphatic carbocycles. The van der Waals surface area contributed by atoms with Gasteiger partial charge in [0.2, 0.25) is 23.6 Å². The lowest BCUT2D eigenvalue weighted by molar-refractivity contribution is -0.148. The Labute approximate surface area is 675 Å². The number of nitrogens with two attached hydrogens (primary N) is 4. The van der Waals surface area contributed by atoms with Crippen molar-refractivity contribution in [3.05, 3.63) is 103 Å². The molecule has 34 heteroatoms. The highest BCUT2D eigenvalue weighted by atomic mass is 19.1. The number of piperidine rings is 4. The zero-order chi connectivity index (χ0) is 86.9. The fourth-order valence-corrected chi connectivity index (χ4v) is 16.5. The summed E-state index contributed by atoms with van der Waals surface area (Å²) in [5.41, 5.74) is 22.1. The Morgan fingerprint density at radius 1 is 0.426 bits per heavy atom. The minimum atomic E-state index is -1.63. The molecule has 8 heterocycles. The van der Waals surface area contributed by atoms with Gasteiger partial charge in [-0.3, -0.25) is 82.0 Å². The van der Waals surface area contributed by atoms with Crippen LogP contribution >= 0.6 is 0 Å². The standard InChI is InChI=1S/2C20H28N4O4.C20H26N4O4.C12H23NO.C8H7N3O4.CH3F.2H2/c3*1-12-2-7-17(13-3-5-16(25)6-4-13)24(11-12)20(28)19(27)23-15-8-14(18(21)26)9-22-10-15;1-9-2-7-12(13-8-9)10-3-5-11(14)6-4-10;9-6(12)4-1-5(3-10-2-4)11-7(13)8(14)15;1-2;;/h2*8-10,12-13,16-17,25H,2-7,11H2,1H3,(H2,21,26)(H,23,27);7-10,12-13,16-17,25H,2-6,11H2,1H3,(H2-,21,23,26,27);9-14H,2-8H2,1H3;1-3H,(H2,9,12)(H,11,13)(H,14,15);1H3;2*1H/p+1/t3*12-,13?,16?,17+;;;;;/m111...../s1/i;;;;;1D;1+1D;1+1. The highest BCUT2D eigenvalue weighted by Gasteiger charge is 2.46. The predicted molar refractivity (Wildman–Crippen MR) is 428 cm³/mol. The number of aliphatic carboxylic acids is 1. The molecule has 4 saturated carbocycles. The van der Waals surface area contributed by atoms with Gasteiger partial charge in [0.15, 0.2) is 6.04 Å².